The number of benzene rings is 1. The first-order chi connectivity index (χ1) is 8.41. The van der Waals surface area contributed by atoms with E-state index < -0.39 is 17.4 Å². The second-order valence-corrected chi connectivity index (χ2v) is 4.23. The predicted octanol–water partition coefficient (Wildman–Crippen LogP) is 1.51. The second-order valence-electron chi connectivity index (χ2n) is 4.23. The van der Waals surface area contributed by atoms with Crippen molar-refractivity contribution in [1.82, 2.24) is 5.32 Å². The molecule has 1 aromatic rings. The third-order valence-corrected chi connectivity index (χ3v) is 2.28. The van der Waals surface area contributed by atoms with Gasteiger partial charge in [0.2, 0.25) is 0 Å². The van der Waals surface area contributed by atoms with Crippen molar-refractivity contribution in [2.75, 3.05) is 7.11 Å². The third-order valence-electron chi connectivity index (χ3n) is 2.28. The molecule has 94 valence electrons. The van der Waals surface area contributed by atoms with E-state index in [0.29, 0.717) is 0 Å². The Hall–Kier alpha value is -2.35. The smallest absolute Gasteiger partial charge is 0.338 e. The van der Waals surface area contributed by atoms with Crippen LogP contribution in [0.25, 0.3) is 0 Å². The van der Waals surface area contributed by atoms with E-state index >= 15 is 0 Å². The molecular weight excluding hydrogens is 232 g/mol. The van der Waals surface area contributed by atoms with E-state index in [2.05, 4.69) is 10.1 Å². The van der Waals surface area contributed by atoms with Crippen LogP contribution < -0.4 is 5.32 Å². The maximum absolute atomic E-state index is 12.0. The Morgan fingerprint density at radius 2 is 1.83 bits per heavy atom. The quantitative estimate of drug-likeness (QED) is 0.820. The van der Waals surface area contributed by atoms with E-state index in [-0.39, 0.29) is 11.1 Å². The number of ether oxygens (including phenoxy) is 1. The van der Waals surface area contributed by atoms with Crippen LogP contribution in [-0.4, -0.2) is 24.5 Å². The number of hydrogen-bond acceptors (Lipinski definition) is 4. The summed E-state index contributed by atoms with van der Waals surface area (Å²) in [6.07, 6.45) is 0. The lowest BCUT2D eigenvalue weighted by Crippen LogP contribution is -2.42. The largest absolute Gasteiger partial charge is 0.465 e. The number of methoxy groups -OCH3 is 1. The summed E-state index contributed by atoms with van der Waals surface area (Å²) < 4.78 is 4.60. The number of amides is 1. The molecule has 1 aromatic carbocycles. The Morgan fingerprint density at radius 3 is 2.33 bits per heavy atom. The summed E-state index contributed by atoms with van der Waals surface area (Å²) in [5.74, 6) is -1.07. The van der Waals surface area contributed by atoms with Crippen molar-refractivity contribution in [3.05, 3.63) is 35.4 Å². The van der Waals surface area contributed by atoms with Gasteiger partial charge >= 0.3 is 5.97 Å². The molecule has 0 saturated carbocycles. The zero-order chi connectivity index (χ0) is 13.8. The molecule has 0 unspecified atom stereocenters. The van der Waals surface area contributed by atoms with Gasteiger partial charge in [-0.1, -0.05) is 12.1 Å². The average molecular weight is 246 g/mol. The van der Waals surface area contributed by atoms with Crippen LogP contribution in [0.5, 0.6) is 0 Å². The van der Waals surface area contributed by atoms with Crippen molar-refractivity contribution < 1.29 is 14.3 Å². The standard InChI is InChI=1S/C13H14N2O3/c1-13(2,8-14)15-11(16)9-6-4-5-7-10(9)12(17)18-3/h4-7H,1-3H3,(H,15,16). The van der Waals surface area contributed by atoms with Crippen molar-refractivity contribution in [1.29, 1.82) is 5.26 Å². The van der Waals surface area contributed by atoms with Crippen LogP contribution in [0.4, 0.5) is 0 Å². The number of carbonyl (C=O) groups excluding carboxylic acids is 2. The van der Waals surface area contributed by atoms with E-state index in [0.717, 1.165) is 0 Å². The minimum Gasteiger partial charge on any atom is -0.465 e. The van der Waals surface area contributed by atoms with Crippen LogP contribution in [0.3, 0.4) is 0 Å². The molecule has 0 aliphatic carbocycles. The predicted molar refractivity (Wildman–Crippen MR) is 64.9 cm³/mol. The number of carbonyl (C=O) groups is 2. The van der Waals surface area contributed by atoms with E-state index in [1.165, 1.54) is 19.2 Å². The van der Waals surface area contributed by atoms with Gasteiger partial charge < -0.3 is 10.1 Å². The van der Waals surface area contributed by atoms with E-state index in [9.17, 15) is 9.59 Å². The first kappa shape index (κ1) is 13.7. The topological polar surface area (TPSA) is 79.2 Å². The lowest BCUT2D eigenvalue weighted by molar-refractivity contribution is 0.0596. The summed E-state index contributed by atoms with van der Waals surface area (Å²) in [6, 6.07) is 8.24. The molecule has 0 radical (unpaired) electrons. The van der Waals surface area contributed by atoms with Crippen LogP contribution >= 0.6 is 0 Å². The summed E-state index contributed by atoms with van der Waals surface area (Å²) in [5, 5.41) is 11.4. The highest BCUT2D eigenvalue weighted by Crippen LogP contribution is 2.12. The molecule has 0 heterocycles. The van der Waals surface area contributed by atoms with E-state index in [1.54, 1.807) is 26.0 Å². The highest BCUT2D eigenvalue weighted by atomic mass is 16.5. The molecule has 1 N–H and O–H groups in total. The molecule has 0 spiro atoms. The number of nitrogens with one attached hydrogen (secondary N) is 1. The Morgan fingerprint density at radius 1 is 1.28 bits per heavy atom. The Labute approximate surface area is 105 Å². The fraction of sp³-hybridized carbons (Fsp3) is 0.308. The zero-order valence-electron chi connectivity index (χ0n) is 10.5. The number of nitrogens with zero attached hydrogens (tertiary/aromatic N) is 1. The third kappa shape index (κ3) is 3.08. The maximum Gasteiger partial charge on any atom is 0.338 e. The first-order valence-corrected chi connectivity index (χ1v) is 5.32. The van der Waals surface area contributed by atoms with Gasteiger partial charge in [-0.05, 0) is 26.0 Å². The van der Waals surface area contributed by atoms with Crippen molar-refractivity contribution in [2.24, 2.45) is 0 Å². The normalized spacial score (nSPS) is 10.3. The second kappa shape index (κ2) is 5.32. The molecule has 0 aromatic heterocycles. The van der Waals surface area contributed by atoms with Gasteiger partial charge in [0.25, 0.3) is 5.91 Å². The molecule has 0 atom stereocenters. The van der Waals surface area contributed by atoms with Crippen molar-refractivity contribution in [3.63, 3.8) is 0 Å². The van der Waals surface area contributed by atoms with Gasteiger partial charge in [0.05, 0.1) is 24.3 Å². The highest BCUT2D eigenvalue weighted by Gasteiger charge is 2.23. The molecule has 0 aliphatic heterocycles. The number of hydrogen-bond donors (Lipinski definition) is 1. The monoisotopic (exact) mass is 246 g/mol. The average Bonchev–Trinajstić information content (AvgIpc) is 2.37. The molecule has 18 heavy (non-hydrogen) atoms. The minimum atomic E-state index is -1.000. The first-order valence-electron chi connectivity index (χ1n) is 5.32. The van der Waals surface area contributed by atoms with Crippen molar-refractivity contribution in [2.45, 2.75) is 19.4 Å². The molecule has 5 heteroatoms. The molecule has 0 aliphatic rings. The molecule has 0 fully saturated rings. The number of esters is 1. The zero-order valence-corrected chi connectivity index (χ0v) is 10.5. The lowest BCUT2D eigenvalue weighted by atomic mass is 10.0. The SMILES string of the molecule is COC(=O)c1ccccc1C(=O)NC(C)(C)C#N. The van der Waals surface area contributed by atoms with Crippen LogP contribution in [0, 0.1) is 11.3 Å². The fourth-order valence-corrected chi connectivity index (χ4v) is 1.35. The summed E-state index contributed by atoms with van der Waals surface area (Å²) >= 11 is 0. The van der Waals surface area contributed by atoms with Crippen LogP contribution in [0.2, 0.25) is 0 Å². The van der Waals surface area contributed by atoms with Gasteiger partial charge in [-0.15, -0.1) is 0 Å². The van der Waals surface area contributed by atoms with Gasteiger partial charge in [-0.2, -0.15) is 5.26 Å². The summed E-state index contributed by atoms with van der Waals surface area (Å²) in [6.45, 7) is 3.15. The van der Waals surface area contributed by atoms with Crippen molar-refractivity contribution >= 4 is 11.9 Å². The Bertz CT molecular complexity index is 515. The number of nitriles is 1. The number of rotatable bonds is 3. The maximum atomic E-state index is 12.0. The van der Waals surface area contributed by atoms with Crippen LogP contribution in [0.1, 0.15) is 34.6 Å². The van der Waals surface area contributed by atoms with Gasteiger partial charge in [-0.25, -0.2) is 4.79 Å². The van der Waals surface area contributed by atoms with Gasteiger partial charge in [-0.3, -0.25) is 4.79 Å². The van der Waals surface area contributed by atoms with Crippen LogP contribution in [-0.2, 0) is 4.74 Å². The molecule has 1 rings (SSSR count). The summed E-state index contributed by atoms with van der Waals surface area (Å²) in [5.41, 5.74) is -0.640. The minimum absolute atomic E-state index is 0.172. The fourth-order valence-electron chi connectivity index (χ4n) is 1.35. The van der Waals surface area contributed by atoms with E-state index in [1.807, 2.05) is 6.07 Å². The van der Waals surface area contributed by atoms with E-state index in [4.69, 9.17) is 5.26 Å². The highest BCUT2D eigenvalue weighted by molar-refractivity contribution is 6.05. The molecule has 5 nitrogen and oxygen atoms in total. The lowest BCUT2D eigenvalue weighted by Gasteiger charge is -2.18. The Balaban J connectivity index is 3.08. The van der Waals surface area contributed by atoms with Gasteiger partial charge in [0, 0.05) is 0 Å². The Kier molecular flexibility index (Phi) is 4.05. The van der Waals surface area contributed by atoms with Crippen LogP contribution in [0.15, 0.2) is 24.3 Å². The van der Waals surface area contributed by atoms with Crippen molar-refractivity contribution in [3.8, 4) is 6.07 Å². The molecule has 1 amide bonds. The summed E-state index contributed by atoms with van der Waals surface area (Å²) in [4.78, 5) is 23.5. The molecule has 0 bridgehead atoms. The van der Waals surface area contributed by atoms with Gasteiger partial charge in [0.15, 0.2) is 0 Å². The van der Waals surface area contributed by atoms with Gasteiger partial charge in [0.1, 0.15) is 5.54 Å². The molecular formula is C13H14N2O3. The summed E-state index contributed by atoms with van der Waals surface area (Å²) in [7, 11) is 1.25. The molecule has 0 saturated heterocycles.